The quantitative estimate of drug-likeness (QED) is 0.0131. The average molecular weight is 1310 g/mol. The van der Waals surface area contributed by atoms with Crippen molar-refractivity contribution in [2.24, 2.45) is 35.1 Å². The number of carbonyl (C=O) groups excluding carboxylic acids is 7. The number of benzene rings is 1. The number of carboxylic acid groups (broad SMARTS) is 1. The van der Waals surface area contributed by atoms with Crippen molar-refractivity contribution in [2.45, 2.75) is 213 Å². The molecule has 1 unspecified atom stereocenters. The fourth-order valence-corrected chi connectivity index (χ4v) is 10.9. The highest BCUT2D eigenvalue weighted by Crippen LogP contribution is 2.28. The van der Waals surface area contributed by atoms with Gasteiger partial charge >= 0.3 is 5.97 Å². The van der Waals surface area contributed by atoms with E-state index in [2.05, 4.69) is 27.8 Å². The normalized spacial score (nSPS) is 13.2. The molecule has 0 fully saturated rings. The van der Waals surface area contributed by atoms with Gasteiger partial charge in [-0.15, -0.1) is 0 Å². The molecule has 3 amide bonds. The van der Waals surface area contributed by atoms with Crippen LogP contribution in [0.15, 0.2) is 36.5 Å². The molecular weight excluding hydrogens is 1190 g/mol. The molecule has 5 atom stereocenters. The summed E-state index contributed by atoms with van der Waals surface area (Å²) in [5, 5.41) is 38.7. The zero-order valence-corrected chi connectivity index (χ0v) is 55.7. The monoisotopic (exact) mass is 1310 g/mol. The second-order valence-electron chi connectivity index (χ2n) is 24.3. The highest BCUT2D eigenvalue weighted by Gasteiger charge is 2.35. The number of carboxylic acids is 1. The van der Waals surface area contributed by atoms with E-state index in [9.17, 15) is 57.0 Å². The first-order valence-corrected chi connectivity index (χ1v) is 34.7. The van der Waals surface area contributed by atoms with Crippen molar-refractivity contribution in [2.75, 3.05) is 78.2 Å². The van der Waals surface area contributed by atoms with Crippen molar-refractivity contribution in [1.82, 2.24) is 21.3 Å². The first-order valence-electron chi connectivity index (χ1n) is 33.1. The van der Waals surface area contributed by atoms with Gasteiger partial charge in [0, 0.05) is 75.3 Å². The second kappa shape index (κ2) is 51.8. The lowest BCUT2D eigenvalue weighted by molar-refractivity contribution is -0.139. The summed E-state index contributed by atoms with van der Waals surface area (Å²) in [6.07, 6.45) is 18.3. The van der Waals surface area contributed by atoms with Crippen LogP contribution in [0.5, 0.6) is 5.75 Å². The number of aliphatic carboxylic acids is 1. The number of ether oxygens (including phenoxy) is 4. The highest BCUT2D eigenvalue weighted by molar-refractivity contribution is 7.85. The molecule has 0 heterocycles. The molecule has 0 bridgehead atoms. The van der Waals surface area contributed by atoms with Crippen LogP contribution in [0.3, 0.4) is 0 Å². The number of unbranched alkanes of at least 4 members (excludes halogenated alkanes) is 14. The van der Waals surface area contributed by atoms with Crippen molar-refractivity contribution in [3.63, 3.8) is 0 Å². The summed E-state index contributed by atoms with van der Waals surface area (Å²) in [6, 6.07) is 4.58. The number of allylic oxidation sites excluding steroid dienone is 1. The predicted octanol–water partition coefficient (Wildman–Crippen LogP) is 7.39. The van der Waals surface area contributed by atoms with E-state index in [0.29, 0.717) is 95.0 Å². The number of amidine groups is 1. The molecule has 1 aromatic carbocycles. The number of amides is 3. The van der Waals surface area contributed by atoms with Gasteiger partial charge in [-0.3, -0.25) is 43.5 Å². The third-order valence-corrected chi connectivity index (χ3v) is 16.3. The Kier molecular flexibility index (Phi) is 47.4. The van der Waals surface area contributed by atoms with Gasteiger partial charge in [0.2, 0.25) is 17.7 Å². The van der Waals surface area contributed by atoms with Crippen molar-refractivity contribution in [1.29, 1.82) is 5.41 Å². The van der Waals surface area contributed by atoms with Crippen molar-refractivity contribution >= 4 is 62.8 Å². The number of phenolic OH excluding ortho intramolecular Hbond substituents is 1. The molecule has 1 aromatic rings. The van der Waals surface area contributed by atoms with Crippen LogP contribution in [-0.4, -0.2) is 166 Å². The molecule has 0 aromatic heterocycles. The van der Waals surface area contributed by atoms with Gasteiger partial charge in [-0.05, 0) is 94.2 Å². The standard InChI is InChI=1S/C66H113N7O17S/c1-49(2)43-56(76)46-72-58(64(80)51(4)57(25-17-18-27-61(67)68)60(77)45-53(65(69)81)44-52-28-30-54(74)31-29-52)26-19-20-34-70-63(79)48-90-41-38-87-36-22-24-55(75)47-89-40-39-88-37-35-71-62(78)33-32-59(66(82)83)73-50(3)23-16-14-12-10-8-6-5-7-9-11-13-15-21-42-91(84,85)86/h28-31,49,51,53,57-59,72-74H,3,5-27,32-48H2,1-2,4H3,(H3,67,68)(H2,69,81)(H,70,79)(H,71,78)(H,82,83)(H,84,85,86)/t51?,53-,57-,58+,59+/m1/s1. The SMILES string of the molecule is C=C(CCCCCCCCCCCCCCCS(=O)(=O)O)N[C@@H](CCC(=O)NCCOCCOCC(=O)CCCOCCOCC(=O)NCCCC[C@H](NCC(=O)CC(C)C)C(=O)C(C)[C@@H](CCCCC(=N)N)C(=O)C[C@@H](Cc1ccc(O)cc1)C(N)=O)C(=O)O. The lowest BCUT2D eigenvalue weighted by Crippen LogP contribution is -2.45. The summed E-state index contributed by atoms with van der Waals surface area (Å²) in [5.74, 6) is -5.41. The minimum atomic E-state index is -3.85. The second-order valence-corrected chi connectivity index (χ2v) is 25.8. The van der Waals surface area contributed by atoms with Gasteiger partial charge < -0.3 is 61.9 Å². The van der Waals surface area contributed by atoms with Gasteiger partial charge in [-0.2, -0.15) is 8.42 Å². The lowest BCUT2D eigenvalue weighted by atomic mass is 9.77. The van der Waals surface area contributed by atoms with Gasteiger partial charge in [0.25, 0.3) is 10.1 Å². The molecule has 0 saturated carbocycles. The number of ketones is 4. The summed E-state index contributed by atoms with van der Waals surface area (Å²) < 4.78 is 52.2. The van der Waals surface area contributed by atoms with Gasteiger partial charge in [0.15, 0.2) is 11.6 Å². The Bertz CT molecular complexity index is 2390. The minimum Gasteiger partial charge on any atom is -0.508 e. The summed E-state index contributed by atoms with van der Waals surface area (Å²) in [5.41, 5.74) is 12.7. The first-order chi connectivity index (χ1) is 43.4. The van der Waals surface area contributed by atoms with Gasteiger partial charge in [0.05, 0.1) is 57.2 Å². The zero-order chi connectivity index (χ0) is 67.7. The molecule has 12 N–H and O–H groups in total. The molecule has 0 aliphatic carbocycles. The molecule has 25 heteroatoms. The molecule has 0 aliphatic rings. The molecule has 520 valence electrons. The number of aromatic hydroxyl groups is 1. The number of phenols is 1. The van der Waals surface area contributed by atoms with Crippen LogP contribution in [0.1, 0.15) is 200 Å². The third-order valence-electron chi connectivity index (χ3n) is 15.5. The van der Waals surface area contributed by atoms with E-state index in [1.165, 1.54) is 37.8 Å². The summed E-state index contributed by atoms with van der Waals surface area (Å²) in [7, 11) is -3.85. The number of nitrogens with two attached hydrogens (primary N) is 2. The maximum Gasteiger partial charge on any atom is 0.326 e. The van der Waals surface area contributed by atoms with Gasteiger partial charge in [0.1, 0.15) is 36.6 Å². The van der Waals surface area contributed by atoms with E-state index in [1.54, 1.807) is 19.1 Å². The Morgan fingerprint density at radius 1 is 0.593 bits per heavy atom. The number of primary amides is 1. The molecule has 0 saturated heterocycles. The minimum absolute atomic E-state index is 0.0141. The molecule has 24 nitrogen and oxygen atoms in total. The fourth-order valence-electron chi connectivity index (χ4n) is 10.3. The average Bonchev–Trinajstić information content (AvgIpc) is 1.62. The Balaban J connectivity index is 2.28. The van der Waals surface area contributed by atoms with Crippen molar-refractivity contribution in [3.05, 3.63) is 42.1 Å². The molecule has 0 aliphatic heterocycles. The maximum atomic E-state index is 14.3. The number of rotatable bonds is 63. The lowest BCUT2D eigenvalue weighted by Gasteiger charge is -2.28. The topological polar surface area (TPSA) is 392 Å². The Labute approximate surface area is 541 Å². The number of Topliss-reactive ketones (excluding diaryl/α,β-unsaturated/α-hetero) is 4. The molecule has 0 radical (unpaired) electrons. The number of hydrogen-bond acceptors (Lipinski definition) is 18. The van der Waals surface area contributed by atoms with Crippen LogP contribution < -0.4 is 32.7 Å². The smallest absolute Gasteiger partial charge is 0.326 e. The van der Waals surface area contributed by atoms with Crippen LogP contribution in [0, 0.1) is 29.1 Å². The van der Waals surface area contributed by atoms with Crippen LogP contribution in [0.4, 0.5) is 0 Å². The highest BCUT2D eigenvalue weighted by atomic mass is 32.2. The summed E-state index contributed by atoms with van der Waals surface area (Å²) >= 11 is 0. The van der Waals surface area contributed by atoms with Crippen LogP contribution in [-0.2, 0) is 73.8 Å². The van der Waals surface area contributed by atoms with E-state index in [4.69, 9.17) is 40.4 Å². The van der Waals surface area contributed by atoms with Crippen molar-refractivity contribution < 1.29 is 80.5 Å². The summed E-state index contributed by atoms with van der Waals surface area (Å²) in [4.78, 5) is 103. The van der Waals surface area contributed by atoms with Gasteiger partial charge in [-0.1, -0.05) is 117 Å². The predicted molar refractivity (Wildman–Crippen MR) is 350 cm³/mol. The number of carbonyl (C=O) groups is 8. The van der Waals surface area contributed by atoms with E-state index in [0.717, 1.165) is 51.4 Å². The van der Waals surface area contributed by atoms with E-state index < -0.39 is 51.8 Å². The van der Waals surface area contributed by atoms with E-state index in [-0.39, 0.29) is 150 Å². The largest absolute Gasteiger partial charge is 0.508 e. The first kappa shape index (κ1) is 83.3. The van der Waals surface area contributed by atoms with E-state index >= 15 is 0 Å². The molecular formula is C66H113N7O17S. The Hall–Kier alpha value is -5.70. The molecule has 0 spiro atoms. The maximum absolute atomic E-state index is 14.3. The van der Waals surface area contributed by atoms with Gasteiger partial charge in [-0.25, -0.2) is 4.79 Å². The third kappa shape index (κ3) is 46.9. The molecule has 1 rings (SSSR count). The van der Waals surface area contributed by atoms with Crippen LogP contribution in [0.2, 0.25) is 0 Å². The Morgan fingerprint density at radius 3 is 1.75 bits per heavy atom. The zero-order valence-electron chi connectivity index (χ0n) is 54.9. The molecule has 91 heavy (non-hydrogen) atoms. The summed E-state index contributed by atoms with van der Waals surface area (Å²) in [6.45, 7) is 11.0. The number of hydrogen-bond donors (Lipinski definition) is 10. The fraction of sp³-hybridized carbons (Fsp3) is 0.742. The van der Waals surface area contributed by atoms with E-state index in [1.807, 2.05) is 13.8 Å². The van der Waals surface area contributed by atoms with Crippen LogP contribution >= 0.6 is 0 Å². The number of nitrogens with one attached hydrogen (secondary N) is 5. The van der Waals surface area contributed by atoms with Crippen LogP contribution in [0.25, 0.3) is 0 Å². The van der Waals surface area contributed by atoms with Crippen molar-refractivity contribution in [3.8, 4) is 5.75 Å². The Morgan fingerprint density at radius 2 is 1.15 bits per heavy atom.